The zero-order valence-corrected chi connectivity index (χ0v) is 26.0. The van der Waals surface area contributed by atoms with Crippen molar-refractivity contribution in [1.82, 2.24) is 25.9 Å². The summed E-state index contributed by atoms with van der Waals surface area (Å²) in [6.45, 7) is 0.458. The van der Waals surface area contributed by atoms with Crippen LogP contribution in [0.25, 0.3) is 21.8 Å². The zero-order chi connectivity index (χ0) is 33.9. The quantitative estimate of drug-likeness (QED) is 0.0694. The smallest absolute Gasteiger partial charge is 0.326 e. The highest BCUT2D eigenvalue weighted by Crippen LogP contribution is 2.21. The Hall–Kier alpha value is -5.21. The fourth-order valence-corrected chi connectivity index (χ4v) is 5.47. The topological polar surface area (TPSA) is 251 Å². The monoisotopic (exact) mass is 646 g/mol. The van der Waals surface area contributed by atoms with Crippen LogP contribution in [0.3, 0.4) is 0 Å². The number of unbranched alkanes of at least 4 members (excludes halogenated alkanes) is 1. The maximum Gasteiger partial charge on any atom is 0.326 e. The van der Waals surface area contributed by atoms with Gasteiger partial charge in [0.2, 0.25) is 23.6 Å². The van der Waals surface area contributed by atoms with Gasteiger partial charge in [0.15, 0.2) is 0 Å². The molecule has 0 aliphatic rings. The summed E-state index contributed by atoms with van der Waals surface area (Å²) in [5, 5.41) is 19.5. The van der Waals surface area contributed by atoms with Crippen LogP contribution < -0.4 is 33.2 Å². The number of carboxylic acid groups (broad SMARTS) is 1. The van der Waals surface area contributed by atoms with Crippen molar-refractivity contribution in [2.45, 2.75) is 69.1 Å². The molecule has 0 bridgehead atoms. The summed E-state index contributed by atoms with van der Waals surface area (Å²) in [5.74, 6) is -4.08. The maximum absolute atomic E-state index is 13.8. The molecule has 12 N–H and O–H groups in total. The van der Waals surface area contributed by atoms with Crippen molar-refractivity contribution in [3.63, 3.8) is 0 Å². The second kappa shape index (κ2) is 16.4. The van der Waals surface area contributed by atoms with Crippen LogP contribution in [-0.2, 0) is 36.8 Å². The van der Waals surface area contributed by atoms with Gasteiger partial charge in [-0.05, 0) is 49.1 Å². The number of aromatic nitrogens is 2. The Kier molecular flexibility index (Phi) is 12.1. The first kappa shape index (κ1) is 34.7. The maximum atomic E-state index is 13.8. The number of benzene rings is 2. The number of rotatable bonds is 18. The van der Waals surface area contributed by atoms with E-state index in [2.05, 4.69) is 25.9 Å². The molecular formula is C33H42N8O6. The van der Waals surface area contributed by atoms with Crippen molar-refractivity contribution < 1.29 is 29.1 Å². The molecule has 4 unspecified atom stereocenters. The lowest BCUT2D eigenvalue weighted by molar-refractivity contribution is -0.142. The number of nitrogens with one attached hydrogen (secondary N) is 5. The lowest BCUT2D eigenvalue weighted by atomic mass is 10.0. The molecule has 2 heterocycles. The first-order chi connectivity index (χ1) is 22.6. The molecule has 0 saturated carbocycles. The Balaban J connectivity index is 1.54. The third-order valence-corrected chi connectivity index (χ3v) is 8.06. The van der Waals surface area contributed by atoms with Crippen LogP contribution in [0, 0.1) is 0 Å². The molecule has 14 heteroatoms. The SMILES string of the molecule is NCCCCC(N)C(=O)NC(Cc1c[nH]c2ccccc12)C(=O)NC(CCC(N)=O)C(=O)NC(Cc1c[nH]c2ccccc12)C(=O)O. The molecule has 2 aromatic heterocycles. The van der Waals surface area contributed by atoms with Crippen molar-refractivity contribution in [2.75, 3.05) is 6.54 Å². The number of aliphatic carboxylic acids is 1. The zero-order valence-electron chi connectivity index (χ0n) is 26.0. The number of carbonyl (C=O) groups excluding carboxylic acids is 4. The molecule has 0 saturated heterocycles. The van der Waals surface area contributed by atoms with Crippen LogP contribution in [0.15, 0.2) is 60.9 Å². The number of carbonyl (C=O) groups is 5. The summed E-state index contributed by atoms with van der Waals surface area (Å²) in [5.41, 5.74) is 20.1. The first-order valence-corrected chi connectivity index (χ1v) is 15.5. The van der Waals surface area contributed by atoms with Crippen molar-refractivity contribution >= 4 is 51.4 Å². The second-order valence-corrected chi connectivity index (χ2v) is 11.5. The van der Waals surface area contributed by atoms with E-state index in [9.17, 15) is 29.1 Å². The molecule has 0 radical (unpaired) electrons. The van der Waals surface area contributed by atoms with E-state index in [0.717, 1.165) is 27.4 Å². The molecule has 0 fully saturated rings. The van der Waals surface area contributed by atoms with Gasteiger partial charge in [-0.15, -0.1) is 0 Å². The lowest BCUT2D eigenvalue weighted by Gasteiger charge is -2.25. The minimum Gasteiger partial charge on any atom is -0.480 e. The predicted molar refractivity (Wildman–Crippen MR) is 177 cm³/mol. The van der Waals surface area contributed by atoms with E-state index in [1.807, 2.05) is 48.5 Å². The number of H-pyrrole nitrogens is 2. The first-order valence-electron chi connectivity index (χ1n) is 15.5. The minimum absolute atomic E-state index is 0.0388. The average molecular weight is 647 g/mol. The van der Waals surface area contributed by atoms with Gasteiger partial charge in [0, 0.05) is 53.5 Å². The fraction of sp³-hybridized carbons (Fsp3) is 0.364. The molecule has 0 spiro atoms. The summed E-state index contributed by atoms with van der Waals surface area (Å²) in [6.07, 6.45) is 4.65. The molecular weight excluding hydrogens is 604 g/mol. The third-order valence-electron chi connectivity index (χ3n) is 8.06. The van der Waals surface area contributed by atoms with E-state index in [-0.39, 0.29) is 25.7 Å². The Morgan fingerprint density at radius 1 is 0.702 bits per heavy atom. The van der Waals surface area contributed by atoms with Gasteiger partial charge in [-0.2, -0.15) is 0 Å². The molecule has 4 aromatic rings. The summed E-state index contributed by atoms with van der Waals surface area (Å²) >= 11 is 0. The van der Waals surface area contributed by atoms with Crippen LogP contribution in [-0.4, -0.2) is 75.4 Å². The van der Waals surface area contributed by atoms with E-state index in [0.29, 0.717) is 31.4 Å². The Morgan fingerprint density at radius 2 is 1.21 bits per heavy atom. The molecule has 0 aliphatic carbocycles. The number of para-hydroxylation sites is 2. The normalized spacial score (nSPS) is 13.8. The fourth-order valence-electron chi connectivity index (χ4n) is 5.47. The second-order valence-electron chi connectivity index (χ2n) is 11.5. The van der Waals surface area contributed by atoms with Gasteiger partial charge in [-0.25, -0.2) is 4.79 Å². The number of primary amides is 1. The summed E-state index contributed by atoms with van der Waals surface area (Å²) in [6, 6.07) is 10.1. The van der Waals surface area contributed by atoms with Gasteiger partial charge in [0.25, 0.3) is 0 Å². The van der Waals surface area contributed by atoms with E-state index < -0.39 is 53.8 Å². The van der Waals surface area contributed by atoms with E-state index in [4.69, 9.17) is 17.2 Å². The minimum atomic E-state index is -1.34. The number of hydrogen-bond acceptors (Lipinski definition) is 7. The van der Waals surface area contributed by atoms with E-state index >= 15 is 0 Å². The van der Waals surface area contributed by atoms with Gasteiger partial charge >= 0.3 is 5.97 Å². The van der Waals surface area contributed by atoms with Crippen LogP contribution >= 0.6 is 0 Å². The average Bonchev–Trinajstić information content (AvgIpc) is 3.66. The van der Waals surface area contributed by atoms with Gasteiger partial charge in [-0.1, -0.05) is 42.8 Å². The summed E-state index contributed by atoms with van der Waals surface area (Å²) < 4.78 is 0. The molecule has 0 aliphatic heterocycles. The van der Waals surface area contributed by atoms with Crippen molar-refractivity contribution in [3.05, 3.63) is 72.1 Å². The largest absolute Gasteiger partial charge is 0.480 e. The Bertz CT molecular complexity index is 1720. The standard InChI is InChI=1S/C33H42N8O6/c34-14-6-5-9-23(35)30(43)40-27(15-19-17-37-24-10-3-1-7-21(19)24)32(45)39-26(12-13-29(36)42)31(44)41-28(33(46)47)16-20-18-38-25-11-4-2-8-22(20)25/h1-4,7-8,10-11,17-18,23,26-28,37-38H,5-6,9,12-16,34-35H2,(H2,36,42)(H,39,45)(H,40,43)(H,41,44)(H,46,47). The van der Waals surface area contributed by atoms with Gasteiger partial charge < -0.3 is 48.2 Å². The molecule has 2 aromatic carbocycles. The summed E-state index contributed by atoms with van der Waals surface area (Å²) in [7, 11) is 0. The van der Waals surface area contributed by atoms with Crippen LogP contribution in [0.2, 0.25) is 0 Å². The number of nitrogens with two attached hydrogens (primary N) is 3. The molecule has 4 amide bonds. The van der Waals surface area contributed by atoms with Crippen LogP contribution in [0.1, 0.15) is 43.2 Å². The molecule has 47 heavy (non-hydrogen) atoms. The number of amides is 4. The highest BCUT2D eigenvalue weighted by molar-refractivity contribution is 5.95. The molecule has 4 rings (SSSR count). The lowest BCUT2D eigenvalue weighted by Crippen LogP contribution is -2.57. The van der Waals surface area contributed by atoms with Gasteiger partial charge in [0.1, 0.15) is 18.1 Å². The molecule has 250 valence electrons. The highest BCUT2D eigenvalue weighted by Gasteiger charge is 2.31. The molecule has 14 nitrogen and oxygen atoms in total. The number of fused-ring (bicyclic) bond motifs is 2. The van der Waals surface area contributed by atoms with E-state index in [1.54, 1.807) is 12.4 Å². The van der Waals surface area contributed by atoms with Crippen molar-refractivity contribution in [1.29, 1.82) is 0 Å². The highest BCUT2D eigenvalue weighted by atomic mass is 16.4. The summed E-state index contributed by atoms with van der Waals surface area (Å²) in [4.78, 5) is 70.5. The Morgan fingerprint density at radius 3 is 1.77 bits per heavy atom. The molecule has 4 atom stereocenters. The predicted octanol–water partition coefficient (Wildman–Crippen LogP) is 0.695. The van der Waals surface area contributed by atoms with Crippen molar-refractivity contribution in [2.24, 2.45) is 17.2 Å². The van der Waals surface area contributed by atoms with Crippen LogP contribution in [0.4, 0.5) is 0 Å². The van der Waals surface area contributed by atoms with Gasteiger partial charge in [-0.3, -0.25) is 19.2 Å². The van der Waals surface area contributed by atoms with Crippen molar-refractivity contribution in [3.8, 4) is 0 Å². The number of carboxylic acids is 1. The van der Waals surface area contributed by atoms with Crippen LogP contribution in [0.5, 0.6) is 0 Å². The Labute approximate surface area is 271 Å². The number of aromatic amines is 2. The van der Waals surface area contributed by atoms with Gasteiger partial charge in [0.05, 0.1) is 6.04 Å². The third kappa shape index (κ3) is 9.40. The van der Waals surface area contributed by atoms with E-state index in [1.165, 1.54) is 0 Å². The number of hydrogen-bond donors (Lipinski definition) is 9.